The summed E-state index contributed by atoms with van der Waals surface area (Å²) in [5, 5.41) is 5.69. The normalized spacial score (nSPS) is 11.6. The number of H-pyrrole nitrogens is 1. The second kappa shape index (κ2) is 7.26. The second-order valence-electron chi connectivity index (χ2n) is 6.02. The first-order valence-corrected chi connectivity index (χ1v) is 8.28. The van der Waals surface area contributed by atoms with Gasteiger partial charge in [0.2, 0.25) is 0 Å². The average molecular weight is 377 g/mol. The van der Waals surface area contributed by atoms with Gasteiger partial charge in [-0.05, 0) is 25.1 Å². The Bertz CT molecular complexity index is 944. The fourth-order valence-electron chi connectivity index (χ4n) is 2.66. The van der Waals surface area contributed by atoms with Crippen LogP contribution in [0.25, 0.3) is 11.3 Å². The maximum absolute atomic E-state index is 12.8. The van der Waals surface area contributed by atoms with E-state index in [9.17, 15) is 18.0 Å². The van der Waals surface area contributed by atoms with Gasteiger partial charge in [0.1, 0.15) is 11.5 Å². The van der Waals surface area contributed by atoms with Crippen molar-refractivity contribution in [3.63, 3.8) is 0 Å². The minimum Gasteiger partial charge on any atom is -0.337 e. The van der Waals surface area contributed by atoms with Gasteiger partial charge in [-0.3, -0.25) is 9.89 Å². The largest absolute Gasteiger partial charge is 0.432 e. The van der Waals surface area contributed by atoms with E-state index in [4.69, 9.17) is 0 Å². The zero-order chi connectivity index (χ0) is 19.6. The van der Waals surface area contributed by atoms with E-state index in [2.05, 4.69) is 10.1 Å². The third-order valence-corrected chi connectivity index (χ3v) is 4.21. The van der Waals surface area contributed by atoms with Crippen molar-refractivity contribution in [1.82, 2.24) is 24.6 Å². The zero-order valence-corrected chi connectivity index (χ0v) is 14.8. The molecule has 0 unspecified atom stereocenters. The number of carbonyl (C=O) groups excluding carboxylic acids is 1. The fourth-order valence-corrected chi connectivity index (χ4v) is 2.66. The van der Waals surface area contributed by atoms with Crippen LogP contribution in [0.2, 0.25) is 0 Å². The van der Waals surface area contributed by atoms with E-state index < -0.39 is 11.9 Å². The van der Waals surface area contributed by atoms with Gasteiger partial charge in [-0.2, -0.15) is 18.3 Å². The lowest BCUT2D eigenvalue weighted by molar-refractivity contribution is -0.141. The molecule has 3 aromatic rings. The summed E-state index contributed by atoms with van der Waals surface area (Å²) in [5.74, 6) is 0.511. The molecule has 0 bridgehead atoms. The summed E-state index contributed by atoms with van der Waals surface area (Å²) < 4.78 is 40.1. The Morgan fingerprint density at radius 3 is 2.67 bits per heavy atom. The van der Waals surface area contributed by atoms with E-state index in [0.717, 1.165) is 11.9 Å². The molecule has 3 rings (SSSR count). The lowest BCUT2D eigenvalue weighted by Gasteiger charge is -2.21. The number of rotatable bonds is 5. The lowest BCUT2D eigenvalue weighted by Crippen LogP contribution is -2.31. The van der Waals surface area contributed by atoms with Gasteiger partial charge in [-0.1, -0.05) is 12.1 Å². The third-order valence-electron chi connectivity index (χ3n) is 4.21. The Balaban J connectivity index is 1.84. The lowest BCUT2D eigenvalue weighted by atomic mass is 10.1. The summed E-state index contributed by atoms with van der Waals surface area (Å²) in [5.41, 5.74) is 0.00378. The van der Waals surface area contributed by atoms with Crippen LogP contribution in [-0.4, -0.2) is 37.1 Å². The molecule has 0 aliphatic carbocycles. The van der Waals surface area contributed by atoms with E-state index in [0.29, 0.717) is 24.2 Å². The first-order chi connectivity index (χ1) is 12.8. The number of amides is 1. The maximum Gasteiger partial charge on any atom is 0.432 e. The molecule has 0 fully saturated rings. The summed E-state index contributed by atoms with van der Waals surface area (Å²) in [7, 11) is 1.84. The smallest absolute Gasteiger partial charge is 0.337 e. The molecule has 27 heavy (non-hydrogen) atoms. The van der Waals surface area contributed by atoms with Crippen LogP contribution in [0.3, 0.4) is 0 Å². The Kier molecular flexibility index (Phi) is 5.02. The van der Waals surface area contributed by atoms with Crippen molar-refractivity contribution in [1.29, 1.82) is 0 Å². The summed E-state index contributed by atoms with van der Waals surface area (Å²) in [4.78, 5) is 18.7. The Labute approximate surface area is 153 Å². The Morgan fingerprint density at radius 2 is 2.07 bits per heavy atom. The van der Waals surface area contributed by atoms with Crippen LogP contribution in [0.5, 0.6) is 0 Å². The molecule has 0 aliphatic heterocycles. The third kappa shape index (κ3) is 4.02. The highest BCUT2D eigenvalue weighted by Gasteiger charge is 2.33. The molecule has 0 saturated heterocycles. The number of aryl methyl sites for hydroxylation is 1. The minimum absolute atomic E-state index is 0.129. The van der Waals surface area contributed by atoms with E-state index in [1.54, 1.807) is 41.6 Å². The average Bonchev–Trinajstić information content (AvgIpc) is 3.28. The van der Waals surface area contributed by atoms with Crippen molar-refractivity contribution in [3.8, 4) is 11.3 Å². The molecular formula is C18H18F3N5O. The van der Waals surface area contributed by atoms with Crippen LogP contribution in [0.4, 0.5) is 13.2 Å². The first-order valence-electron chi connectivity index (χ1n) is 8.28. The highest BCUT2D eigenvalue weighted by molar-refractivity contribution is 5.95. The van der Waals surface area contributed by atoms with Gasteiger partial charge in [0.15, 0.2) is 0 Å². The molecule has 0 aliphatic rings. The predicted molar refractivity (Wildman–Crippen MR) is 92.6 cm³/mol. The van der Waals surface area contributed by atoms with Crippen LogP contribution in [0, 0.1) is 0 Å². The molecule has 2 heterocycles. The van der Waals surface area contributed by atoms with Gasteiger partial charge in [0.25, 0.3) is 5.91 Å². The van der Waals surface area contributed by atoms with Crippen LogP contribution < -0.4 is 0 Å². The number of nitrogens with zero attached hydrogens (tertiary/aromatic N) is 4. The molecule has 2 aromatic heterocycles. The molecule has 1 amide bonds. The Hall–Kier alpha value is -3.10. The monoisotopic (exact) mass is 377 g/mol. The molecule has 0 radical (unpaired) electrons. The first kappa shape index (κ1) is 18.7. The standard InChI is InChI=1S/C18H18F3N5O/c1-3-26(11-16-22-7-8-25(16)2)17(27)13-6-4-5-12(9-13)14-10-15(24-23-14)18(19,20)21/h4-10H,3,11H2,1-2H3,(H,23,24). The molecule has 0 atom stereocenters. The highest BCUT2D eigenvalue weighted by Crippen LogP contribution is 2.30. The molecule has 6 nitrogen and oxygen atoms in total. The van der Waals surface area contributed by atoms with Gasteiger partial charge in [0, 0.05) is 37.1 Å². The summed E-state index contributed by atoms with van der Waals surface area (Å²) in [6.45, 7) is 2.66. The number of aromatic nitrogens is 4. The summed E-state index contributed by atoms with van der Waals surface area (Å²) in [6.07, 6.45) is -1.05. The number of hydrogen-bond donors (Lipinski definition) is 1. The van der Waals surface area contributed by atoms with Crippen molar-refractivity contribution >= 4 is 5.91 Å². The van der Waals surface area contributed by atoms with Gasteiger partial charge >= 0.3 is 6.18 Å². The van der Waals surface area contributed by atoms with Gasteiger partial charge in [-0.15, -0.1) is 0 Å². The molecule has 1 aromatic carbocycles. The van der Waals surface area contributed by atoms with Gasteiger partial charge in [-0.25, -0.2) is 4.98 Å². The summed E-state index contributed by atoms with van der Waals surface area (Å²) >= 11 is 0. The number of benzene rings is 1. The molecule has 1 N–H and O–H groups in total. The van der Waals surface area contributed by atoms with Crippen molar-refractivity contribution in [3.05, 3.63) is 59.8 Å². The van der Waals surface area contributed by atoms with Crippen molar-refractivity contribution in [2.45, 2.75) is 19.6 Å². The van der Waals surface area contributed by atoms with Crippen LogP contribution >= 0.6 is 0 Å². The van der Waals surface area contributed by atoms with Gasteiger partial charge < -0.3 is 9.47 Å². The second-order valence-corrected chi connectivity index (χ2v) is 6.02. The number of nitrogens with one attached hydrogen (secondary N) is 1. The SMILES string of the molecule is CCN(Cc1nccn1C)C(=O)c1cccc(-c2cc(C(F)(F)F)[nH]n2)c1. The van der Waals surface area contributed by atoms with Crippen LogP contribution in [-0.2, 0) is 19.8 Å². The number of carbonyl (C=O) groups is 1. The quantitative estimate of drug-likeness (QED) is 0.740. The van der Waals surface area contributed by atoms with Crippen LogP contribution in [0.15, 0.2) is 42.7 Å². The number of imidazole rings is 1. The number of aromatic amines is 1. The van der Waals surface area contributed by atoms with Crippen molar-refractivity contribution in [2.24, 2.45) is 7.05 Å². The maximum atomic E-state index is 12.8. The van der Waals surface area contributed by atoms with E-state index in [-0.39, 0.29) is 11.6 Å². The van der Waals surface area contributed by atoms with E-state index in [1.807, 2.05) is 23.6 Å². The minimum atomic E-state index is -4.50. The molecule has 142 valence electrons. The van der Waals surface area contributed by atoms with Crippen LogP contribution in [0.1, 0.15) is 28.8 Å². The van der Waals surface area contributed by atoms with E-state index >= 15 is 0 Å². The predicted octanol–water partition coefficient (Wildman–Crippen LogP) is 3.49. The number of halogens is 3. The molecule has 9 heteroatoms. The fraction of sp³-hybridized carbons (Fsp3) is 0.278. The van der Waals surface area contributed by atoms with E-state index in [1.165, 1.54) is 0 Å². The molecular weight excluding hydrogens is 359 g/mol. The molecule has 0 saturated carbocycles. The number of hydrogen-bond acceptors (Lipinski definition) is 3. The number of alkyl halides is 3. The van der Waals surface area contributed by atoms with Gasteiger partial charge in [0.05, 0.1) is 12.2 Å². The zero-order valence-electron chi connectivity index (χ0n) is 14.8. The van der Waals surface area contributed by atoms with Crippen molar-refractivity contribution in [2.75, 3.05) is 6.54 Å². The Morgan fingerprint density at radius 1 is 1.30 bits per heavy atom. The molecule has 0 spiro atoms. The topological polar surface area (TPSA) is 66.8 Å². The summed E-state index contributed by atoms with van der Waals surface area (Å²) in [6, 6.07) is 7.33. The highest BCUT2D eigenvalue weighted by atomic mass is 19.4. The van der Waals surface area contributed by atoms with Crippen molar-refractivity contribution < 1.29 is 18.0 Å².